The van der Waals surface area contributed by atoms with E-state index in [9.17, 15) is 9.18 Å². The first kappa shape index (κ1) is 21.0. The molecule has 30 heavy (non-hydrogen) atoms. The predicted molar refractivity (Wildman–Crippen MR) is 116 cm³/mol. The van der Waals surface area contributed by atoms with Gasteiger partial charge in [0.1, 0.15) is 5.82 Å². The summed E-state index contributed by atoms with van der Waals surface area (Å²) in [6.45, 7) is 7.09. The van der Waals surface area contributed by atoms with Gasteiger partial charge in [-0.15, -0.1) is 0 Å². The summed E-state index contributed by atoms with van der Waals surface area (Å²) in [5.41, 5.74) is 1.69. The van der Waals surface area contributed by atoms with Gasteiger partial charge in [0.15, 0.2) is 0 Å². The number of carbonyl (C=O) groups excluding carboxylic acids is 1. The van der Waals surface area contributed by atoms with E-state index in [1.807, 2.05) is 23.0 Å². The molecule has 6 heteroatoms. The molecule has 1 aliphatic heterocycles. The first-order chi connectivity index (χ1) is 14.3. The normalized spacial score (nSPS) is 25.0. The first-order valence-corrected chi connectivity index (χ1v) is 11.2. The highest BCUT2D eigenvalue weighted by Crippen LogP contribution is 2.40. The zero-order chi connectivity index (χ0) is 21.3. The van der Waals surface area contributed by atoms with Crippen molar-refractivity contribution in [3.8, 4) is 0 Å². The summed E-state index contributed by atoms with van der Waals surface area (Å²) >= 11 is 0. The molecule has 3 atom stereocenters. The van der Waals surface area contributed by atoms with Crippen LogP contribution in [0, 0.1) is 11.7 Å². The van der Waals surface area contributed by atoms with Gasteiger partial charge in [0.05, 0.1) is 17.3 Å². The number of halogens is 1. The van der Waals surface area contributed by atoms with Crippen molar-refractivity contribution >= 4 is 5.91 Å². The molecule has 4 rings (SSSR count). The van der Waals surface area contributed by atoms with Gasteiger partial charge in [-0.25, -0.2) is 4.39 Å². The maximum atomic E-state index is 13.9. The third kappa shape index (κ3) is 4.59. The zero-order valence-electron chi connectivity index (χ0n) is 18.2. The second-order valence-corrected chi connectivity index (χ2v) is 9.85. The van der Waals surface area contributed by atoms with E-state index in [0.29, 0.717) is 12.3 Å². The predicted octanol–water partition coefficient (Wildman–Crippen LogP) is 4.27. The molecule has 1 aromatic heterocycles. The standard InChI is InChI=1S/C24H33FN4O/c1-24(2,3)29-12-11-20(28-29)19-14-21(23(30)26-15-16-7-4-5-8-16)27-22(19)17-9-6-10-18(25)13-17/h6,9-13,16,19,21-22,27H,4-5,7-8,14-15H2,1-3H3,(H,26,30)/t19-,21+,22+/m1/s1. The number of benzene rings is 1. The van der Waals surface area contributed by atoms with Gasteiger partial charge in [-0.05, 0) is 69.7 Å². The fourth-order valence-electron chi connectivity index (χ4n) is 4.79. The van der Waals surface area contributed by atoms with E-state index in [1.165, 1.54) is 31.7 Å². The van der Waals surface area contributed by atoms with Crippen LogP contribution in [0.5, 0.6) is 0 Å². The highest BCUT2D eigenvalue weighted by Gasteiger charge is 2.40. The maximum absolute atomic E-state index is 13.9. The Labute approximate surface area is 178 Å². The third-order valence-electron chi connectivity index (χ3n) is 6.51. The van der Waals surface area contributed by atoms with Crippen molar-refractivity contribution in [2.24, 2.45) is 5.92 Å². The van der Waals surface area contributed by atoms with Crippen molar-refractivity contribution in [3.63, 3.8) is 0 Å². The molecule has 1 saturated carbocycles. The number of rotatable bonds is 5. The first-order valence-electron chi connectivity index (χ1n) is 11.2. The van der Waals surface area contributed by atoms with Crippen molar-refractivity contribution in [2.45, 2.75) is 76.4 Å². The number of amides is 1. The molecule has 2 aromatic rings. The number of hydrogen-bond acceptors (Lipinski definition) is 3. The van der Waals surface area contributed by atoms with Crippen molar-refractivity contribution in [2.75, 3.05) is 6.54 Å². The van der Waals surface area contributed by atoms with Crippen LogP contribution >= 0.6 is 0 Å². The molecule has 2 N–H and O–H groups in total. The fourth-order valence-corrected chi connectivity index (χ4v) is 4.79. The van der Waals surface area contributed by atoms with Gasteiger partial charge < -0.3 is 5.32 Å². The van der Waals surface area contributed by atoms with Crippen LogP contribution in [0.1, 0.15) is 76.1 Å². The van der Waals surface area contributed by atoms with Crippen LogP contribution in [0.15, 0.2) is 36.5 Å². The van der Waals surface area contributed by atoms with Crippen LogP contribution in [-0.4, -0.2) is 28.3 Å². The number of nitrogens with one attached hydrogen (secondary N) is 2. The quantitative estimate of drug-likeness (QED) is 0.771. The number of carbonyl (C=O) groups is 1. The highest BCUT2D eigenvalue weighted by molar-refractivity contribution is 5.82. The molecular formula is C24H33FN4O. The molecule has 1 saturated heterocycles. The van der Waals surface area contributed by atoms with E-state index in [4.69, 9.17) is 5.10 Å². The van der Waals surface area contributed by atoms with Crippen molar-refractivity contribution in [1.29, 1.82) is 0 Å². The van der Waals surface area contributed by atoms with E-state index in [2.05, 4.69) is 31.4 Å². The Morgan fingerprint density at radius 3 is 2.70 bits per heavy atom. The van der Waals surface area contributed by atoms with E-state index >= 15 is 0 Å². The third-order valence-corrected chi connectivity index (χ3v) is 6.51. The minimum Gasteiger partial charge on any atom is -0.354 e. The van der Waals surface area contributed by atoms with Gasteiger partial charge in [0.25, 0.3) is 0 Å². The SMILES string of the molecule is CC(C)(C)n1ccc([C@H]2C[C@@H](C(=O)NCC3CCCC3)N[C@H]2c2cccc(F)c2)n1. The van der Waals surface area contributed by atoms with Gasteiger partial charge in [0.2, 0.25) is 5.91 Å². The average Bonchev–Trinajstić information content (AvgIpc) is 3.45. The Morgan fingerprint density at radius 1 is 1.27 bits per heavy atom. The molecular weight excluding hydrogens is 379 g/mol. The molecule has 0 unspecified atom stereocenters. The molecule has 0 radical (unpaired) electrons. The average molecular weight is 413 g/mol. The van der Waals surface area contributed by atoms with Gasteiger partial charge in [-0.2, -0.15) is 5.10 Å². The van der Waals surface area contributed by atoms with E-state index in [1.54, 1.807) is 12.1 Å². The Balaban J connectivity index is 1.54. The molecule has 5 nitrogen and oxygen atoms in total. The number of hydrogen-bond donors (Lipinski definition) is 2. The largest absolute Gasteiger partial charge is 0.354 e. The Kier molecular flexibility index (Phi) is 5.96. The monoisotopic (exact) mass is 412 g/mol. The second-order valence-electron chi connectivity index (χ2n) is 9.85. The summed E-state index contributed by atoms with van der Waals surface area (Å²) in [6, 6.07) is 8.24. The van der Waals surface area contributed by atoms with Crippen LogP contribution in [0.3, 0.4) is 0 Å². The van der Waals surface area contributed by atoms with Crippen molar-refractivity contribution < 1.29 is 9.18 Å². The molecule has 2 fully saturated rings. The summed E-state index contributed by atoms with van der Waals surface area (Å²) in [5.74, 6) is 0.397. The van der Waals surface area contributed by atoms with Crippen LogP contribution in [0.25, 0.3) is 0 Å². The molecule has 2 heterocycles. The van der Waals surface area contributed by atoms with Crippen molar-refractivity contribution in [1.82, 2.24) is 20.4 Å². The lowest BCUT2D eigenvalue weighted by atomic mass is 9.90. The van der Waals surface area contributed by atoms with Gasteiger partial charge in [-0.1, -0.05) is 25.0 Å². The molecule has 1 amide bonds. The van der Waals surface area contributed by atoms with Crippen molar-refractivity contribution in [3.05, 3.63) is 53.6 Å². The zero-order valence-corrected chi connectivity index (χ0v) is 18.2. The summed E-state index contributed by atoms with van der Waals surface area (Å²) < 4.78 is 15.9. The lowest BCUT2D eigenvalue weighted by molar-refractivity contribution is -0.123. The maximum Gasteiger partial charge on any atom is 0.237 e. The van der Waals surface area contributed by atoms with Crippen LogP contribution in [0.4, 0.5) is 4.39 Å². The van der Waals surface area contributed by atoms with E-state index in [0.717, 1.165) is 17.8 Å². The lowest BCUT2D eigenvalue weighted by Gasteiger charge is -2.21. The van der Waals surface area contributed by atoms with E-state index in [-0.39, 0.29) is 35.3 Å². The Hall–Kier alpha value is -2.21. The van der Waals surface area contributed by atoms with Gasteiger partial charge in [-0.3, -0.25) is 14.8 Å². The number of aromatic nitrogens is 2. The van der Waals surface area contributed by atoms with Crippen LogP contribution in [0.2, 0.25) is 0 Å². The summed E-state index contributed by atoms with van der Waals surface area (Å²) in [6.07, 6.45) is 7.59. The molecule has 0 spiro atoms. The molecule has 0 bridgehead atoms. The molecule has 1 aliphatic carbocycles. The number of nitrogens with zero attached hydrogens (tertiary/aromatic N) is 2. The lowest BCUT2D eigenvalue weighted by Crippen LogP contribution is -2.42. The molecule has 1 aromatic carbocycles. The fraction of sp³-hybridized carbons (Fsp3) is 0.583. The Morgan fingerprint density at radius 2 is 2.03 bits per heavy atom. The van der Waals surface area contributed by atoms with Crippen LogP contribution in [-0.2, 0) is 10.3 Å². The Bertz CT molecular complexity index is 881. The minimum absolute atomic E-state index is 0.0117. The second kappa shape index (κ2) is 8.50. The van der Waals surface area contributed by atoms with Gasteiger partial charge >= 0.3 is 0 Å². The topological polar surface area (TPSA) is 59.0 Å². The molecule has 2 aliphatic rings. The summed E-state index contributed by atoms with van der Waals surface area (Å²) in [7, 11) is 0. The molecule has 162 valence electrons. The van der Waals surface area contributed by atoms with Gasteiger partial charge in [0, 0.05) is 24.7 Å². The smallest absolute Gasteiger partial charge is 0.237 e. The van der Waals surface area contributed by atoms with Crippen LogP contribution < -0.4 is 10.6 Å². The summed E-state index contributed by atoms with van der Waals surface area (Å²) in [4.78, 5) is 12.9. The van der Waals surface area contributed by atoms with E-state index < -0.39 is 0 Å². The minimum atomic E-state index is -0.301. The highest BCUT2D eigenvalue weighted by atomic mass is 19.1. The summed E-state index contributed by atoms with van der Waals surface area (Å²) in [5, 5.41) is 11.4.